The van der Waals surface area contributed by atoms with E-state index in [1.54, 1.807) is 0 Å². The Kier molecular flexibility index (Phi) is 12.0. The number of esters is 1. The number of carbonyl (C=O) groups excluding carboxylic acids is 1. The molecule has 0 amide bonds. The predicted octanol–water partition coefficient (Wildman–Crippen LogP) is 6.68. The third-order valence-corrected chi connectivity index (χ3v) is 8.56. The Morgan fingerprint density at radius 1 is 0.927 bits per heavy atom. The fourth-order valence-corrected chi connectivity index (χ4v) is 6.17. The highest BCUT2D eigenvalue weighted by atomic mass is 35.5. The molecule has 1 heterocycles. The van der Waals surface area contributed by atoms with Gasteiger partial charge in [-0.2, -0.15) is 0 Å². The molecule has 4 rings (SSSR count). The standard InChI is InChI=1S/C35H45NO4.ClH/c1-25(2)40-34(38)24-28-17-18-32(27(4)26(28)3)33(37)16-11-21-36-22-19-31(20-23-36)35(39,29-12-7-5-8-13-29)30-14-9-6-10-15-30;/h5-10,12-15,17-18,25,31,33,37,39H,11,16,19-24H2,1-4H3;1H. The van der Waals surface area contributed by atoms with Gasteiger partial charge < -0.3 is 19.8 Å². The Hall–Kier alpha value is -2.70. The Morgan fingerprint density at radius 3 is 2.02 bits per heavy atom. The molecule has 1 unspecified atom stereocenters. The lowest BCUT2D eigenvalue weighted by Gasteiger charge is -2.42. The average Bonchev–Trinajstić information content (AvgIpc) is 2.96. The lowest BCUT2D eigenvalue weighted by Crippen LogP contribution is -2.44. The van der Waals surface area contributed by atoms with Crippen LogP contribution in [0.4, 0.5) is 0 Å². The maximum Gasteiger partial charge on any atom is 0.310 e. The summed E-state index contributed by atoms with van der Waals surface area (Å²) in [7, 11) is 0. The monoisotopic (exact) mass is 579 g/mol. The molecular weight excluding hydrogens is 534 g/mol. The minimum absolute atomic E-state index is 0. The smallest absolute Gasteiger partial charge is 0.310 e. The number of hydrogen-bond donors (Lipinski definition) is 2. The molecule has 3 aromatic rings. The second kappa shape index (κ2) is 15.0. The van der Waals surface area contributed by atoms with Gasteiger partial charge in [0.1, 0.15) is 5.60 Å². The average molecular weight is 580 g/mol. The fraction of sp³-hybridized carbons (Fsp3) is 0.457. The highest BCUT2D eigenvalue weighted by molar-refractivity contribution is 5.85. The van der Waals surface area contributed by atoms with Crippen LogP contribution in [0.2, 0.25) is 0 Å². The first kappa shape index (κ1) is 32.8. The molecule has 6 heteroatoms. The lowest BCUT2D eigenvalue weighted by molar-refractivity contribution is -0.146. The van der Waals surface area contributed by atoms with Crippen molar-refractivity contribution in [3.05, 3.63) is 106 Å². The summed E-state index contributed by atoms with van der Waals surface area (Å²) in [5.41, 5.74) is 4.89. The number of aliphatic hydroxyl groups excluding tert-OH is 1. The summed E-state index contributed by atoms with van der Waals surface area (Å²) >= 11 is 0. The van der Waals surface area contributed by atoms with Gasteiger partial charge in [0, 0.05) is 0 Å². The quantitative estimate of drug-likeness (QED) is 0.248. The molecule has 222 valence electrons. The van der Waals surface area contributed by atoms with Crippen LogP contribution in [0.3, 0.4) is 0 Å². The zero-order valence-electron chi connectivity index (χ0n) is 24.9. The fourth-order valence-electron chi connectivity index (χ4n) is 6.17. The van der Waals surface area contributed by atoms with Gasteiger partial charge in [0.25, 0.3) is 0 Å². The molecule has 1 fully saturated rings. The van der Waals surface area contributed by atoms with Crippen molar-refractivity contribution in [2.24, 2.45) is 5.92 Å². The number of likely N-dealkylation sites (tertiary alicyclic amines) is 1. The van der Waals surface area contributed by atoms with Crippen LogP contribution in [-0.4, -0.2) is 46.8 Å². The molecule has 0 bridgehead atoms. The van der Waals surface area contributed by atoms with Crippen molar-refractivity contribution in [2.75, 3.05) is 19.6 Å². The van der Waals surface area contributed by atoms with Crippen molar-refractivity contribution in [2.45, 2.75) is 77.6 Å². The van der Waals surface area contributed by atoms with E-state index < -0.39 is 11.7 Å². The van der Waals surface area contributed by atoms with Crippen molar-refractivity contribution in [1.82, 2.24) is 4.90 Å². The topological polar surface area (TPSA) is 70.0 Å². The van der Waals surface area contributed by atoms with Crippen LogP contribution in [0, 0.1) is 19.8 Å². The van der Waals surface area contributed by atoms with E-state index in [0.717, 1.165) is 72.3 Å². The molecule has 1 saturated heterocycles. The van der Waals surface area contributed by atoms with Gasteiger partial charge in [-0.1, -0.05) is 72.8 Å². The van der Waals surface area contributed by atoms with Crippen molar-refractivity contribution < 1.29 is 19.7 Å². The lowest BCUT2D eigenvalue weighted by atomic mass is 9.72. The second-order valence-electron chi connectivity index (χ2n) is 11.6. The number of piperidine rings is 1. The number of carbonyl (C=O) groups is 1. The minimum Gasteiger partial charge on any atom is -0.463 e. The van der Waals surface area contributed by atoms with Crippen molar-refractivity contribution >= 4 is 18.4 Å². The van der Waals surface area contributed by atoms with E-state index in [-0.39, 0.29) is 36.8 Å². The molecular formula is C35H46ClNO4. The number of halogens is 1. The van der Waals surface area contributed by atoms with E-state index in [1.807, 2.05) is 100 Å². The third kappa shape index (κ3) is 7.98. The van der Waals surface area contributed by atoms with Crippen LogP contribution >= 0.6 is 12.4 Å². The van der Waals surface area contributed by atoms with Crippen LogP contribution in [0.1, 0.15) is 79.0 Å². The third-order valence-electron chi connectivity index (χ3n) is 8.56. The normalized spacial score (nSPS) is 15.4. The maximum absolute atomic E-state index is 12.1. The van der Waals surface area contributed by atoms with Crippen LogP contribution in [-0.2, 0) is 21.6 Å². The van der Waals surface area contributed by atoms with Crippen LogP contribution < -0.4 is 0 Å². The van der Waals surface area contributed by atoms with E-state index in [2.05, 4.69) is 4.90 Å². The number of benzene rings is 3. The van der Waals surface area contributed by atoms with E-state index in [4.69, 9.17) is 4.74 Å². The van der Waals surface area contributed by atoms with E-state index >= 15 is 0 Å². The molecule has 0 radical (unpaired) electrons. The van der Waals surface area contributed by atoms with Crippen molar-refractivity contribution in [1.29, 1.82) is 0 Å². The highest BCUT2D eigenvalue weighted by Gasteiger charge is 2.41. The largest absolute Gasteiger partial charge is 0.463 e. The Balaban J connectivity index is 0.00000462. The number of rotatable bonds is 11. The van der Waals surface area contributed by atoms with Gasteiger partial charge in [-0.3, -0.25) is 4.79 Å². The first-order valence-electron chi connectivity index (χ1n) is 14.7. The van der Waals surface area contributed by atoms with Crippen LogP contribution in [0.25, 0.3) is 0 Å². The zero-order chi connectivity index (χ0) is 28.7. The van der Waals surface area contributed by atoms with Gasteiger partial charge in [0.05, 0.1) is 18.6 Å². The molecule has 41 heavy (non-hydrogen) atoms. The molecule has 0 saturated carbocycles. The Labute approximate surface area is 252 Å². The van der Waals surface area contributed by atoms with E-state index in [0.29, 0.717) is 6.42 Å². The second-order valence-corrected chi connectivity index (χ2v) is 11.6. The van der Waals surface area contributed by atoms with E-state index in [1.165, 1.54) is 0 Å². The van der Waals surface area contributed by atoms with Gasteiger partial charge in [0.15, 0.2) is 0 Å². The minimum atomic E-state index is -1.00. The first-order valence-corrected chi connectivity index (χ1v) is 14.7. The molecule has 0 aliphatic carbocycles. The van der Waals surface area contributed by atoms with E-state index in [9.17, 15) is 15.0 Å². The SMILES string of the molecule is Cc1c(CC(=O)OC(C)C)ccc(C(O)CCCN2CCC(C(O)(c3ccccc3)c3ccccc3)CC2)c1C.Cl. The summed E-state index contributed by atoms with van der Waals surface area (Å²) in [6, 6.07) is 24.1. The maximum atomic E-state index is 12.1. The van der Waals surface area contributed by atoms with Gasteiger partial charge in [0.2, 0.25) is 0 Å². The first-order chi connectivity index (χ1) is 19.2. The molecule has 2 N–H and O–H groups in total. The molecule has 5 nitrogen and oxygen atoms in total. The Bertz CT molecular complexity index is 1200. The molecule has 1 aliphatic heterocycles. The van der Waals surface area contributed by atoms with Gasteiger partial charge in [-0.05, 0) is 112 Å². The highest BCUT2D eigenvalue weighted by Crippen LogP contribution is 2.42. The molecule has 1 atom stereocenters. The zero-order valence-corrected chi connectivity index (χ0v) is 25.7. The number of hydrogen-bond acceptors (Lipinski definition) is 5. The molecule has 1 aliphatic rings. The number of aliphatic hydroxyl groups is 2. The van der Waals surface area contributed by atoms with Crippen LogP contribution in [0.15, 0.2) is 72.8 Å². The van der Waals surface area contributed by atoms with Crippen molar-refractivity contribution in [3.8, 4) is 0 Å². The van der Waals surface area contributed by atoms with Gasteiger partial charge in [-0.15, -0.1) is 12.4 Å². The molecule has 0 spiro atoms. The molecule has 3 aromatic carbocycles. The number of nitrogens with zero attached hydrogens (tertiary/aromatic N) is 1. The summed E-state index contributed by atoms with van der Waals surface area (Å²) in [6.45, 7) is 10.5. The number of ether oxygens (including phenoxy) is 1. The summed E-state index contributed by atoms with van der Waals surface area (Å²) < 4.78 is 5.30. The molecule has 0 aromatic heterocycles. The summed E-state index contributed by atoms with van der Waals surface area (Å²) in [5, 5.41) is 23.1. The predicted molar refractivity (Wildman–Crippen MR) is 167 cm³/mol. The summed E-state index contributed by atoms with van der Waals surface area (Å²) in [5.74, 6) is -0.0818. The van der Waals surface area contributed by atoms with Crippen LogP contribution in [0.5, 0.6) is 0 Å². The van der Waals surface area contributed by atoms with Gasteiger partial charge >= 0.3 is 5.97 Å². The summed E-state index contributed by atoms with van der Waals surface area (Å²) in [6.07, 6.45) is 3.01. The van der Waals surface area contributed by atoms with Gasteiger partial charge in [-0.25, -0.2) is 0 Å². The van der Waals surface area contributed by atoms with Crippen molar-refractivity contribution in [3.63, 3.8) is 0 Å². The Morgan fingerprint density at radius 2 is 1.49 bits per heavy atom. The summed E-state index contributed by atoms with van der Waals surface area (Å²) in [4.78, 5) is 14.6.